The van der Waals surface area contributed by atoms with E-state index in [9.17, 15) is 0 Å². The first-order chi connectivity index (χ1) is 7.66. The van der Waals surface area contributed by atoms with Gasteiger partial charge < -0.3 is 10.5 Å². The molecule has 0 aliphatic carbocycles. The van der Waals surface area contributed by atoms with Gasteiger partial charge in [-0.05, 0) is 37.1 Å². The SMILES string of the molecule is Cc1cc(N)cc(C)c1OCc1nccs1. The Labute approximate surface area is 98.9 Å². The molecule has 0 amide bonds. The van der Waals surface area contributed by atoms with Crippen LogP contribution < -0.4 is 10.5 Å². The van der Waals surface area contributed by atoms with Crippen LogP contribution in [0.15, 0.2) is 23.7 Å². The summed E-state index contributed by atoms with van der Waals surface area (Å²) in [7, 11) is 0. The van der Waals surface area contributed by atoms with E-state index >= 15 is 0 Å². The van der Waals surface area contributed by atoms with Crippen LogP contribution in [0.3, 0.4) is 0 Å². The Bertz CT molecular complexity index is 457. The number of rotatable bonds is 3. The molecule has 0 spiro atoms. The summed E-state index contributed by atoms with van der Waals surface area (Å²) in [6, 6.07) is 3.84. The molecule has 2 N–H and O–H groups in total. The molecule has 1 aromatic heterocycles. The van der Waals surface area contributed by atoms with Gasteiger partial charge in [0.25, 0.3) is 0 Å². The highest BCUT2D eigenvalue weighted by molar-refractivity contribution is 7.09. The van der Waals surface area contributed by atoms with Crippen LogP contribution in [0.4, 0.5) is 5.69 Å². The summed E-state index contributed by atoms with van der Waals surface area (Å²) in [5, 5.41) is 2.93. The van der Waals surface area contributed by atoms with Gasteiger partial charge in [-0.15, -0.1) is 11.3 Å². The number of benzene rings is 1. The van der Waals surface area contributed by atoms with Crippen molar-refractivity contribution in [3.63, 3.8) is 0 Å². The fourth-order valence-electron chi connectivity index (χ4n) is 1.67. The largest absolute Gasteiger partial charge is 0.486 e. The number of hydrogen-bond acceptors (Lipinski definition) is 4. The van der Waals surface area contributed by atoms with Crippen molar-refractivity contribution in [1.82, 2.24) is 4.98 Å². The molecular weight excluding hydrogens is 220 g/mol. The smallest absolute Gasteiger partial charge is 0.140 e. The van der Waals surface area contributed by atoms with Gasteiger partial charge in [0.15, 0.2) is 0 Å². The van der Waals surface area contributed by atoms with Crippen LogP contribution in [0.25, 0.3) is 0 Å². The van der Waals surface area contributed by atoms with Crippen molar-refractivity contribution in [3.8, 4) is 5.75 Å². The third kappa shape index (κ3) is 2.33. The Balaban J connectivity index is 2.15. The Morgan fingerprint density at radius 1 is 1.31 bits per heavy atom. The highest BCUT2D eigenvalue weighted by Gasteiger charge is 2.06. The van der Waals surface area contributed by atoms with Crippen molar-refractivity contribution in [2.45, 2.75) is 20.5 Å². The second-order valence-corrected chi connectivity index (χ2v) is 4.68. The lowest BCUT2D eigenvalue weighted by molar-refractivity contribution is 0.301. The van der Waals surface area contributed by atoms with Gasteiger partial charge in [-0.2, -0.15) is 0 Å². The summed E-state index contributed by atoms with van der Waals surface area (Å²) in [5.74, 6) is 0.907. The number of nitrogens with zero attached hydrogens (tertiary/aromatic N) is 1. The van der Waals surface area contributed by atoms with E-state index in [4.69, 9.17) is 10.5 Å². The fourth-order valence-corrected chi connectivity index (χ4v) is 2.20. The van der Waals surface area contributed by atoms with E-state index in [1.165, 1.54) is 0 Å². The van der Waals surface area contributed by atoms with Gasteiger partial charge in [0, 0.05) is 17.3 Å². The molecule has 0 saturated carbocycles. The summed E-state index contributed by atoms with van der Waals surface area (Å²) < 4.78 is 5.76. The molecule has 0 atom stereocenters. The maximum Gasteiger partial charge on any atom is 0.140 e. The first kappa shape index (κ1) is 11.0. The minimum absolute atomic E-state index is 0.517. The van der Waals surface area contributed by atoms with Gasteiger partial charge in [0.05, 0.1) is 0 Å². The van der Waals surface area contributed by atoms with Gasteiger partial charge >= 0.3 is 0 Å². The van der Waals surface area contributed by atoms with Gasteiger partial charge in [-0.3, -0.25) is 0 Å². The predicted molar refractivity (Wildman–Crippen MR) is 66.8 cm³/mol. The zero-order chi connectivity index (χ0) is 11.5. The van der Waals surface area contributed by atoms with Gasteiger partial charge in [-0.25, -0.2) is 4.98 Å². The molecular formula is C12H14N2OS. The molecule has 3 nitrogen and oxygen atoms in total. The first-order valence-electron chi connectivity index (χ1n) is 5.04. The third-order valence-electron chi connectivity index (χ3n) is 2.31. The number of nitrogens with two attached hydrogens (primary N) is 1. The van der Waals surface area contributed by atoms with E-state index in [1.807, 2.05) is 31.4 Å². The van der Waals surface area contributed by atoms with E-state index in [0.29, 0.717) is 6.61 Å². The normalized spacial score (nSPS) is 10.4. The topological polar surface area (TPSA) is 48.1 Å². The zero-order valence-corrected chi connectivity index (χ0v) is 10.2. The molecule has 1 heterocycles. The number of ether oxygens (including phenoxy) is 1. The standard InChI is InChI=1S/C12H14N2OS/c1-8-5-10(13)6-9(2)12(8)15-7-11-14-3-4-16-11/h3-6H,7,13H2,1-2H3. The number of aromatic nitrogens is 1. The predicted octanol–water partition coefficient (Wildman–Crippen LogP) is 2.92. The maximum atomic E-state index is 5.76. The summed E-state index contributed by atoms with van der Waals surface area (Å²) in [6.45, 7) is 4.52. The summed E-state index contributed by atoms with van der Waals surface area (Å²) in [6.07, 6.45) is 1.78. The highest BCUT2D eigenvalue weighted by atomic mass is 32.1. The minimum Gasteiger partial charge on any atom is -0.486 e. The number of anilines is 1. The molecule has 0 bridgehead atoms. The molecule has 84 valence electrons. The summed E-state index contributed by atoms with van der Waals surface area (Å²) in [5.41, 5.74) is 8.66. The van der Waals surface area contributed by atoms with Gasteiger partial charge in [-0.1, -0.05) is 0 Å². The lowest BCUT2D eigenvalue weighted by atomic mass is 10.1. The molecule has 0 radical (unpaired) electrons. The summed E-state index contributed by atoms with van der Waals surface area (Å²) >= 11 is 1.60. The Kier molecular flexibility index (Phi) is 3.10. The number of aryl methyl sites for hydroxylation is 2. The van der Waals surface area contributed by atoms with E-state index in [-0.39, 0.29) is 0 Å². The molecule has 16 heavy (non-hydrogen) atoms. The molecule has 4 heteroatoms. The van der Waals surface area contributed by atoms with Gasteiger partial charge in [0.2, 0.25) is 0 Å². The van der Waals surface area contributed by atoms with Crippen LogP contribution in [0.1, 0.15) is 16.1 Å². The molecule has 0 aliphatic rings. The Morgan fingerprint density at radius 3 is 2.56 bits per heavy atom. The van der Waals surface area contributed by atoms with Crippen LogP contribution >= 0.6 is 11.3 Å². The van der Waals surface area contributed by atoms with E-state index in [2.05, 4.69) is 4.98 Å². The zero-order valence-electron chi connectivity index (χ0n) is 9.36. The van der Waals surface area contributed by atoms with Crippen molar-refractivity contribution < 1.29 is 4.74 Å². The average Bonchev–Trinajstić information content (AvgIpc) is 2.68. The lowest BCUT2D eigenvalue weighted by Gasteiger charge is -2.11. The van der Waals surface area contributed by atoms with Crippen LogP contribution in [0.5, 0.6) is 5.75 Å². The van der Waals surface area contributed by atoms with Crippen LogP contribution in [-0.2, 0) is 6.61 Å². The van der Waals surface area contributed by atoms with Gasteiger partial charge in [0.1, 0.15) is 17.4 Å². The number of nitrogen functional groups attached to an aromatic ring is 1. The van der Waals surface area contributed by atoms with Crippen LogP contribution in [0.2, 0.25) is 0 Å². The Hall–Kier alpha value is -1.55. The van der Waals surface area contributed by atoms with E-state index in [1.54, 1.807) is 17.5 Å². The molecule has 1 aromatic carbocycles. The highest BCUT2D eigenvalue weighted by Crippen LogP contribution is 2.26. The van der Waals surface area contributed by atoms with Crippen molar-refractivity contribution in [1.29, 1.82) is 0 Å². The molecule has 0 aliphatic heterocycles. The van der Waals surface area contributed by atoms with Crippen molar-refractivity contribution in [2.24, 2.45) is 0 Å². The van der Waals surface area contributed by atoms with E-state index in [0.717, 1.165) is 27.6 Å². The van der Waals surface area contributed by atoms with Crippen molar-refractivity contribution in [2.75, 3.05) is 5.73 Å². The second kappa shape index (κ2) is 4.53. The molecule has 2 rings (SSSR count). The summed E-state index contributed by atoms with van der Waals surface area (Å²) in [4.78, 5) is 4.18. The number of hydrogen-bond donors (Lipinski definition) is 1. The average molecular weight is 234 g/mol. The van der Waals surface area contributed by atoms with Crippen LogP contribution in [0, 0.1) is 13.8 Å². The lowest BCUT2D eigenvalue weighted by Crippen LogP contribution is -1.99. The van der Waals surface area contributed by atoms with Crippen LogP contribution in [-0.4, -0.2) is 4.98 Å². The Morgan fingerprint density at radius 2 is 2.00 bits per heavy atom. The minimum atomic E-state index is 0.517. The first-order valence-corrected chi connectivity index (χ1v) is 5.92. The molecule has 0 fully saturated rings. The molecule has 2 aromatic rings. The fraction of sp³-hybridized carbons (Fsp3) is 0.250. The third-order valence-corrected chi connectivity index (χ3v) is 3.06. The van der Waals surface area contributed by atoms with E-state index < -0.39 is 0 Å². The monoisotopic (exact) mass is 234 g/mol. The molecule has 0 saturated heterocycles. The maximum absolute atomic E-state index is 5.76. The van der Waals surface area contributed by atoms with Crippen molar-refractivity contribution >= 4 is 17.0 Å². The second-order valence-electron chi connectivity index (χ2n) is 3.70. The molecule has 0 unspecified atom stereocenters. The van der Waals surface area contributed by atoms with Crippen molar-refractivity contribution in [3.05, 3.63) is 39.8 Å². The number of thiazole rings is 1. The quantitative estimate of drug-likeness (QED) is 0.831.